The van der Waals surface area contributed by atoms with Crippen LogP contribution in [-0.2, 0) is 11.0 Å². The second-order valence-corrected chi connectivity index (χ2v) is 5.90. The molecule has 0 aliphatic carbocycles. The zero-order valence-corrected chi connectivity index (χ0v) is 15.9. The summed E-state index contributed by atoms with van der Waals surface area (Å²) in [4.78, 5) is 22.2. The number of carbonyl (C=O) groups is 1. The van der Waals surface area contributed by atoms with Crippen molar-refractivity contribution in [3.05, 3.63) is 33.9 Å². The van der Waals surface area contributed by atoms with Gasteiger partial charge in [0, 0.05) is 25.6 Å². The molecule has 154 valence electrons. The number of hydrogen-bond donors (Lipinski definition) is 3. The average Bonchev–Trinajstić information content (AvgIpc) is 2.59. The standard InChI is InChI=1S/C16H23F3N4O3.ClH/c1-3-15(4-2,10-20)22-14(24)7-8-21-12-6-5-11(16(17,18)19)9-13(12)23(25)26;/h5-6,9,21H,3-4,7-8,10,20H2,1-2H3,(H,22,24);1H. The Morgan fingerprint density at radius 3 is 2.30 bits per heavy atom. The summed E-state index contributed by atoms with van der Waals surface area (Å²) in [5.41, 5.74) is 3.32. The number of hydrogen-bond acceptors (Lipinski definition) is 5. The number of benzene rings is 1. The maximum atomic E-state index is 12.7. The maximum absolute atomic E-state index is 12.7. The molecule has 27 heavy (non-hydrogen) atoms. The van der Waals surface area contributed by atoms with Crippen LogP contribution in [0.25, 0.3) is 0 Å². The van der Waals surface area contributed by atoms with E-state index in [1.807, 2.05) is 13.8 Å². The minimum Gasteiger partial charge on any atom is -0.379 e. The molecule has 0 atom stereocenters. The fourth-order valence-electron chi connectivity index (χ4n) is 2.44. The summed E-state index contributed by atoms with van der Waals surface area (Å²) in [5.74, 6) is -0.291. The Labute approximate surface area is 161 Å². The highest BCUT2D eigenvalue weighted by Crippen LogP contribution is 2.34. The lowest BCUT2D eigenvalue weighted by molar-refractivity contribution is -0.384. The molecule has 0 saturated heterocycles. The van der Waals surface area contributed by atoms with Crippen molar-refractivity contribution in [2.75, 3.05) is 18.4 Å². The Bertz CT molecular complexity index is 644. The second kappa shape index (κ2) is 10.3. The number of halogens is 4. The van der Waals surface area contributed by atoms with Crippen molar-refractivity contribution >= 4 is 29.7 Å². The first kappa shape index (κ1) is 24.9. The van der Waals surface area contributed by atoms with E-state index in [-0.39, 0.29) is 43.5 Å². The van der Waals surface area contributed by atoms with Gasteiger partial charge in [0.05, 0.1) is 16.0 Å². The summed E-state index contributed by atoms with van der Waals surface area (Å²) in [6, 6.07) is 2.21. The van der Waals surface area contributed by atoms with Crippen LogP contribution in [0.2, 0.25) is 0 Å². The van der Waals surface area contributed by atoms with Gasteiger partial charge in [-0.25, -0.2) is 0 Å². The molecule has 0 spiro atoms. The number of anilines is 1. The Balaban J connectivity index is 0.00000676. The Kier molecular flexibility index (Phi) is 9.52. The van der Waals surface area contributed by atoms with Crippen LogP contribution in [-0.4, -0.2) is 29.5 Å². The van der Waals surface area contributed by atoms with Crippen molar-refractivity contribution in [3.63, 3.8) is 0 Å². The number of nitrogens with one attached hydrogen (secondary N) is 2. The third-order valence-corrected chi connectivity index (χ3v) is 4.34. The topological polar surface area (TPSA) is 110 Å². The van der Waals surface area contributed by atoms with Crippen LogP contribution < -0.4 is 16.4 Å². The molecule has 11 heteroatoms. The molecule has 0 unspecified atom stereocenters. The molecule has 1 rings (SSSR count). The van der Waals surface area contributed by atoms with Gasteiger partial charge in [-0.3, -0.25) is 14.9 Å². The Morgan fingerprint density at radius 2 is 1.85 bits per heavy atom. The van der Waals surface area contributed by atoms with E-state index in [0.29, 0.717) is 18.9 Å². The zero-order chi connectivity index (χ0) is 20.0. The SMILES string of the molecule is CCC(CC)(CN)NC(=O)CCNc1ccc(C(F)(F)F)cc1[N+](=O)[O-].Cl. The molecule has 0 bridgehead atoms. The minimum absolute atomic E-state index is 0. The lowest BCUT2D eigenvalue weighted by atomic mass is 9.93. The summed E-state index contributed by atoms with van der Waals surface area (Å²) in [6.45, 7) is 4.12. The number of nitro benzene ring substituents is 1. The van der Waals surface area contributed by atoms with Gasteiger partial charge in [0.25, 0.3) is 5.69 Å². The minimum atomic E-state index is -4.67. The molecule has 1 amide bonds. The van der Waals surface area contributed by atoms with Gasteiger partial charge in [-0.1, -0.05) is 13.8 Å². The van der Waals surface area contributed by atoms with Crippen molar-refractivity contribution in [2.45, 2.75) is 44.8 Å². The second-order valence-electron chi connectivity index (χ2n) is 5.90. The highest BCUT2D eigenvalue weighted by atomic mass is 35.5. The number of alkyl halides is 3. The normalized spacial score (nSPS) is 11.5. The molecular formula is C16H24ClF3N4O3. The molecule has 1 aromatic carbocycles. The van der Waals surface area contributed by atoms with E-state index in [4.69, 9.17) is 5.73 Å². The fraction of sp³-hybridized carbons (Fsp3) is 0.562. The van der Waals surface area contributed by atoms with Crippen LogP contribution in [0.4, 0.5) is 24.5 Å². The molecule has 1 aromatic rings. The summed E-state index contributed by atoms with van der Waals surface area (Å²) in [6.07, 6.45) is -3.36. The van der Waals surface area contributed by atoms with Gasteiger partial charge in [-0.15, -0.1) is 12.4 Å². The van der Waals surface area contributed by atoms with Crippen LogP contribution >= 0.6 is 12.4 Å². The lowest BCUT2D eigenvalue weighted by Crippen LogP contribution is -2.53. The molecule has 0 aromatic heterocycles. The zero-order valence-electron chi connectivity index (χ0n) is 15.1. The number of carbonyl (C=O) groups excluding carboxylic acids is 1. The monoisotopic (exact) mass is 412 g/mol. The van der Waals surface area contributed by atoms with E-state index in [1.54, 1.807) is 0 Å². The number of nitrogens with two attached hydrogens (primary N) is 1. The molecule has 0 aliphatic heterocycles. The highest BCUT2D eigenvalue weighted by Gasteiger charge is 2.33. The summed E-state index contributed by atoms with van der Waals surface area (Å²) < 4.78 is 38.0. The summed E-state index contributed by atoms with van der Waals surface area (Å²) >= 11 is 0. The van der Waals surface area contributed by atoms with Crippen LogP contribution in [0.5, 0.6) is 0 Å². The molecule has 0 radical (unpaired) electrons. The van der Waals surface area contributed by atoms with Crippen LogP contribution in [0.3, 0.4) is 0 Å². The van der Waals surface area contributed by atoms with Crippen LogP contribution in [0, 0.1) is 10.1 Å². The van der Waals surface area contributed by atoms with Gasteiger partial charge in [0.2, 0.25) is 5.91 Å². The quantitative estimate of drug-likeness (QED) is 0.425. The van der Waals surface area contributed by atoms with E-state index < -0.39 is 27.9 Å². The fourth-order valence-corrected chi connectivity index (χ4v) is 2.44. The number of amides is 1. The highest BCUT2D eigenvalue weighted by molar-refractivity contribution is 5.85. The van der Waals surface area contributed by atoms with Gasteiger partial charge >= 0.3 is 6.18 Å². The summed E-state index contributed by atoms with van der Waals surface area (Å²) in [5, 5.41) is 16.5. The molecule has 0 saturated carbocycles. The average molecular weight is 413 g/mol. The van der Waals surface area contributed by atoms with E-state index in [2.05, 4.69) is 10.6 Å². The van der Waals surface area contributed by atoms with E-state index in [9.17, 15) is 28.1 Å². The molecule has 7 nitrogen and oxygen atoms in total. The Hall–Kier alpha value is -2.07. The number of nitro groups is 1. The molecule has 0 fully saturated rings. The van der Waals surface area contributed by atoms with Crippen molar-refractivity contribution in [1.82, 2.24) is 5.32 Å². The van der Waals surface area contributed by atoms with Crippen molar-refractivity contribution < 1.29 is 22.9 Å². The first-order valence-electron chi connectivity index (χ1n) is 8.19. The van der Waals surface area contributed by atoms with E-state index >= 15 is 0 Å². The van der Waals surface area contributed by atoms with E-state index in [1.165, 1.54) is 0 Å². The number of nitrogens with zero attached hydrogens (tertiary/aromatic N) is 1. The predicted octanol–water partition coefficient (Wildman–Crippen LogP) is 3.47. The van der Waals surface area contributed by atoms with E-state index in [0.717, 1.165) is 12.1 Å². The first-order chi connectivity index (χ1) is 12.1. The van der Waals surface area contributed by atoms with Crippen molar-refractivity contribution in [3.8, 4) is 0 Å². The largest absolute Gasteiger partial charge is 0.416 e. The first-order valence-corrected chi connectivity index (χ1v) is 8.19. The molecule has 4 N–H and O–H groups in total. The smallest absolute Gasteiger partial charge is 0.379 e. The van der Waals surface area contributed by atoms with Gasteiger partial charge in [0.1, 0.15) is 5.69 Å². The Morgan fingerprint density at radius 1 is 1.26 bits per heavy atom. The predicted molar refractivity (Wildman–Crippen MR) is 99.0 cm³/mol. The van der Waals surface area contributed by atoms with Gasteiger partial charge in [-0.05, 0) is 25.0 Å². The van der Waals surface area contributed by atoms with Gasteiger partial charge in [0.15, 0.2) is 0 Å². The third-order valence-electron chi connectivity index (χ3n) is 4.34. The molecular weight excluding hydrogens is 389 g/mol. The van der Waals surface area contributed by atoms with Crippen molar-refractivity contribution in [2.24, 2.45) is 5.73 Å². The lowest BCUT2D eigenvalue weighted by Gasteiger charge is -2.31. The van der Waals surface area contributed by atoms with Crippen molar-refractivity contribution in [1.29, 1.82) is 0 Å². The van der Waals surface area contributed by atoms with Gasteiger partial charge < -0.3 is 16.4 Å². The van der Waals surface area contributed by atoms with Crippen LogP contribution in [0.1, 0.15) is 38.7 Å². The molecule has 0 heterocycles. The van der Waals surface area contributed by atoms with Crippen LogP contribution in [0.15, 0.2) is 18.2 Å². The third kappa shape index (κ3) is 6.87. The number of rotatable bonds is 9. The molecule has 0 aliphatic rings. The van der Waals surface area contributed by atoms with Gasteiger partial charge in [-0.2, -0.15) is 13.2 Å². The summed E-state index contributed by atoms with van der Waals surface area (Å²) in [7, 11) is 0. The maximum Gasteiger partial charge on any atom is 0.416 e.